The maximum Gasteiger partial charge on any atom is 0.0870 e. The predicted molar refractivity (Wildman–Crippen MR) is 130 cm³/mol. The smallest absolute Gasteiger partial charge is 0.0870 e. The molecule has 4 aromatic carbocycles. The Morgan fingerprint density at radius 2 is 0.900 bits per heavy atom. The summed E-state index contributed by atoms with van der Waals surface area (Å²) in [7, 11) is 0. The third-order valence-electron chi connectivity index (χ3n) is 5.00. The van der Waals surface area contributed by atoms with Gasteiger partial charge in [-0.15, -0.1) is 0 Å². The van der Waals surface area contributed by atoms with Crippen LogP contribution in [0, 0.1) is 0 Å². The van der Waals surface area contributed by atoms with Gasteiger partial charge in [0.05, 0.1) is 22.7 Å². The maximum atomic E-state index is 4.65. The van der Waals surface area contributed by atoms with E-state index in [1.807, 2.05) is 48.8 Å². The zero-order valence-electron chi connectivity index (χ0n) is 16.3. The minimum atomic E-state index is 0.878. The largest absolute Gasteiger partial charge is 0.360 e. The fourth-order valence-corrected chi connectivity index (χ4v) is 3.51. The van der Waals surface area contributed by atoms with E-state index in [1.54, 1.807) is 12.4 Å². The third-order valence-corrected chi connectivity index (χ3v) is 5.00. The molecule has 144 valence electrons. The van der Waals surface area contributed by atoms with Gasteiger partial charge in [-0.3, -0.25) is 9.98 Å². The number of anilines is 2. The lowest BCUT2D eigenvalue weighted by Gasteiger charge is -2.09. The molecule has 0 unspecified atom stereocenters. The van der Waals surface area contributed by atoms with E-state index in [0.717, 1.165) is 33.5 Å². The number of rotatable bonds is 0. The number of hydrogen-bond acceptors (Lipinski definition) is 4. The van der Waals surface area contributed by atoms with Crippen molar-refractivity contribution >= 4 is 56.7 Å². The number of nitrogens with one attached hydrogen (secondary N) is 2. The van der Waals surface area contributed by atoms with Gasteiger partial charge in [0.15, 0.2) is 0 Å². The summed E-state index contributed by atoms with van der Waals surface area (Å²) >= 11 is 0. The molecular weight excluding hydrogens is 368 g/mol. The van der Waals surface area contributed by atoms with E-state index in [0.29, 0.717) is 0 Å². The van der Waals surface area contributed by atoms with Crippen LogP contribution in [0.15, 0.2) is 107 Å². The monoisotopic (exact) mass is 388 g/mol. The van der Waals surface area contributed by atoms with Crippen molar-refractivity contribution in [1.82, 2.24) is 0 Å². The van der Waals surface area contributed by atoms with Crippen molar-refractivity contribution in [1.29, 1.82) is 0 Å². The quantitative estimate of drug-likeness (QED) is 0.342. The molecule has 5 rings (SSSR count). The predicted octanol–water partition coefficient (Wildman–Crippen LogP) is 6.96. The van der Waals surface area contributed by atoms with Gasteiger partial charge in [0.1, 0.15) is 0 Å². The second-order valence-electron chi connectivity index (χ2n) is 7.00. The molecule has 2 N–H and O–H groups in total. The van der Waals surface area contributed by atoms with Crippen molar-refractivity contribution < 1.29 is 0 Å². The van der Waals surface area contributed by atoms with Gasteiger partial charge in [0, 0.05) is 24.8 Å². The highest BCUT2D eigenvalue weighted by molar-refractivity contribution is 5.95. The number of hydrogen-bond donors (Lipinski definition) is 2. The van der Waals surface area contributed by atoms with Gasteiger partial charge in [-0.25, -0.2) is 0 Å². The summed E-state index contributed by atoms with van der Waals surface area (Å²) in [5, 5.41) is 11.3. The Bertz CT molecular complexity index is 1240. The first kappa shape index (κ1) is 17.9. The van der Waals surface area contributed by atoms with Gasteiger partial charge < -0.3 is 10.6 Å². The Hall–Kier alpha value is -4.18. The van der Waals surface area contributed by atoms with E-state index in [9.17, 15) is 0 Å². The van der Waals surface area contributed by atoms with Crippen LogP contribution in [-0.4, -0.2) is 12.4 Å². The third kappa shape index (κ3) is 3.71. The molecule has 0 aromatic heterocycles. The first-order valence-electron chi connectivity index (χ1n) is 9.84. The summed E-state index contributed by atoms with van der Waals surface area (Å²) < 4.78 is 0. The van der Waals surface area contributed by atoms with Crippen molar-refractivity contribution in [3.05, 3.63) is 97.3 Å². The van der Waals surface area contributed by atoms with Crippen LogP contribution >= 0.6 is 0 Å². The lowest BCUT2D eigenvalue weighted by Crippen LogP contribution is -1.91. The second-order valence-corrected chi connectivity index (χ2v) is 7.00. The van der Waals surface area contributed by atoms with Crippen molar-refractivity contribution in [3.8, 4) is 0 Å². The molecule has 30 heavy (non-hydrogen) atoms. The Labute approximate surface area is 175 Å². The van der Waals surface area contributed by atoms with Crippen LogP contribution in [-0.2, 0) is 0 Å². The van der Waals surface area contributed by atoms with Crippen LogP contribution < -0.4 is 10.6 Å². The van der Waals surface area contributed by atoms with Crippen LogP contribution in [0.1, 0.15) is 0 Å². The molecule has 4 aromatic rings. The molecule has 0 fully saturated rings. The maximum absolute atomic E-state index is 4.65. The van der Waals surface area contributed by atoms with Gasteiger partial charge in [0.2, 0.25) is 0 Å². The number of allylic oxidation sites excluding steroid dienone is 2. The van der Waals surface area contributed by atoms with Crippen molar-refractivity contribution in [3.63, 3.8) is 0 Å². The molecule has 0 spiro atoms. The number of fused-ring (bicyclic) bond motifs is 4. The Morgan fingerprint density at radius 3 is 1.33 bits per heavy atom. The first-order valence-corrected chi connectivity index (χ1v) is 9.84. The SMILES string of the molecule is C1=CNc2cc3ccccc3cc2N=CC=CNc2cc3ccccc3cc2N=C1. The Morgan fingerprint density at radius 1 is 0.500 bits per heavy atom. The fraction of sp³-hybridized carbons (Fsp3) is 0. The minimum Gasteiger partial charge on any atom is -0.360 e. The molecule has 0 amide bonds. The minimum absolute atomic E-state index is 0.878. The van der Waals surface area contributed by atoms with E-state index in [-0.39, 0.29) is 0 Å². The average molecular weight is 388 g/mol. The van der Waals surface area contributed by atoms with E-state index in [1.165, 1.54) is 10.8 Å². The van der Waals surface area contributed by atoms with E-state index in [2.05, 4.69) is 69.1 Å². The van der Waals surface area contributed by atoms with E-state index < -0.39 is 0 Å². The van der Waals surface area contributed by atoms with Crippen LogP contribution in [0.25, 0.3) is 21.5 Å². The number of aliphatic imine (C=N–C) groups is 2. The zero-order chi connectivity index (χ0) is 20.2. The normalized spacial score (nSPS) is 13.3. The topological polar surface area (TPSA) is 48.8 Å². The van der Waals surface area contributed by atoms with Crippen LogP contribution in [0.3, 0.4) is 0 Å². The summed E-state index contributed by atoms with van der Waals surface area (Å²) in [4.78, 5) is 9.30. The zero-order valence-corrected chi connectivity index (χ0v) is 16.3. The van der Waals surface area contributed by atoms with Crippen molar-refractivity contribution in [2.45, 2.75) is 0 Å². The van der Waals surface area contributed by atoms with Gasteiger partial charge in [-0.05, 0) is 58.0 Å². The molecule has 1 aliphatic heterocycles. The standard InChI is InChI=1S/C26H20N4/c1-2-8-20-16-24-23(15-19(20)7-1)27-11-5-13-29-25-17-21-9-3-4-10-22(21)18-26(25)30-14-6-12-28-24/h1-18,27,30H. The summed E-state index contributed by atoms with van der Waals surface area (Å²) in [6, 6.07) is 24.9. The number of nitrogens with zero attached hydrogens (tertiary/aromatic N) is 2. The summed E-state index contributed by atoms with van der Waals surface area (Å²) in [5.74, 6) is 0. The Balaban J connectivity index is 1.54. The lowest BCUT2D eigenvalue weighted by atomic mass is 10.1. The highest BCUT2D eigenvalue weighted by Crippen LogP contribution is 2.32. The highest BCUT2D eigenvalue weighted by atomic mass is 14.9. The van der Waals surface area contributed by atoms with Crippen LogP contribution in [0.4, 0.5) is 22.7 Å². The van der Waals surface area contributed by atoms with E-state index >= 15 is 0 Å². The molecule has 0 radical (unpaired) electrons. The molecule has 4 heteroatoms. The molecule has 0 saturated heterocycles. The molecular formula is C26H20N4. The Kier molecular flexibility index (Phi) is 4.80. The molecule has 0 atom stereocenters. The fourth-order valence-electron chi connectivity index (χ4n) is 3.51. The van der Waals surface area contributed by atoms with Crippen LogP contribution in [0.5, 0.6) is 0 Å². The highest BCUT2D eigenvalue weighted by Gasteiger charge is 2.04. The molecule has 1 aliphatic rings. The number of benzene rings is 4. The van der Waals surface area contributed by atoms with Crippen molar-refractivity contribution in [2.75, 3.05) is 10.6 Å². The molecule has 1 heterocycles. The summed E-state index contributed by atoms with van der Waals surface area (Å²) in [6.07, 6.45) is 11.1. The van der Waals surface area contributed by atoms with Gasteiger partial charge >= 0.3 is 0 Å². The van der Waals surface area contributed by atoms with Gasteiger partial charge in [0.25, 0.3) is 0 Å². The molecule has 0 bridgehead atoms. The summed E-state index contributed by atoms with van der Waals surface area (Å²) in [5.41, 5.74) is 3.64. The van der Waals surface area contributed by atoms with Crippen LogP contribution in [0.2, 0.25) is 0 Å². The lowest BCUT2D eigenvalue weighted by molar-refractivity contribution is 1.50. The molecule has 0 saturated carbocycles. The van der Waals surface area contributed by atoms with Gasteiger partial charge in [-0.2, -0.15) is 0 Å². The van der Waals surface area contributed by atoms with Crippen molar-refractivity contribution in [2.24, 2.45) is 9.98 Å². The average Bonchev–Trinajstić information content (AvgIpc) is 2.78. The molecule has 0 aliphatic carbocycles. The first-order chi connectivity index (χ1) is 14.9. The second kappa shape index (κ2) is 8.05. The van der Waals surface area contributed by atoms with Gasteiger partial charge in [-0.1, -0.05) is 48.5 Å². The molecule has 4 nitrogen and oxygen atoms in total. The summed E-state index contributed by atoms with van der Waals surface area (Å²) in [6.45, 7) is 0. The van der Waals surface area contributed by atoms with E-state index in [4.69, 9.17) is 0 Å².